The number of fused-ring (bicyclic) bond motifs is 5. The Morgan fingerprint density at radius 1 is 1.05 bits per heavy atom. The molecule has 1 atom stereocenters. The van der Waals surface area contributed by atoms with Gasteiger partial charge >= 0.3 is 12.0 Å². The monoisotopic (exact) mass is 546 g/mol. The Kier molecular flexibility index (Phi) is 6.47. The van der Waals surface area contributed by atoms with Gasteiger partial charge in [0.2, 0.25) is 0 Å². The van der Waals surface area contributed by atoms with Gasteiger partial charge in [0, 0.05) is 40.4 Å². The highest BCUT2D eigenvalue weighted by Gasteiger charge is 2.36. The number of anilines is 1. The standard InChI is InChI=1S/C29H27ClN4O3S/c1-32-13-11-22-23-16-34(29(36)31-21-9-4-7-19(15-21)28(35)37-2)26(18-6-3-8-20(30)14-18)24-10-5-12-33(24)27(23)38-25(22)17-32/h3-10,12,14-15,26H,11,13,16-17H2,1-2H3,(H,31,36)/t26-/m1/s1. The Morgan fingerprint density at radius 2 is 1.89 bits per heavy atom. The number of carbonyl (C=O) groups excluding carboxylic acids is 2. The lowest BCUT2D eigenvalue weighted by Gasteiger charge is -2.32. The minimum absolute atomic E-state index is 0.259. The third-order valence-electron chi connectivity index (χ3n) is 7.22. The van der Waals surface area contributed by atoms with Crippen LogP contribution in [0.15, 0.2) is 66.9 Å². The number of urea groups is 1. The minimum atomic E-state index is -0.454. The quantitative estimate of drug-likeness (QED) is 0.315. The molecule has 6 rings (SSSR count). The highest BCUT2D eigenvalue weighted by atomic mass is 35.5. The lowest BCUT2D eigenvalue weighted by atomic mass is 10.0. The third kappa shape index (κ3) is 4.38. The molecular weight excluding hydrogens is 520 g/mol. The van der Waals surface area contributed by atoms with E-state index in [4.69, 9.17) is 16.3 Å². The van der Waals surface area contributed by atoms with Crippen molar-refractivity contribution in [2.45, 2.75) is 25.6 Å². The van der Waals surface area contributed by atoms with E-state index in [-0.39, 0.29) is 12.1 Å². The Bertz CT molecular complexity index is 1540. The summed E-state index contributed by atoms with van der Waals surface area (Å²) in [6.45, 7) is 2.35. The van der Waals surface area contributed by atoms with Crippen molar-refractivity contribution in [2.75, 3.05) is 26.0 Å². The van der Waals surface area contributed by atoms with Crippen molar-refractivity contribution in [1.82, 2.24) is 14.4 Å². The zero-order valence-corrected chi connectivity index (χ0v) is 22.7. The fourth-order valence-electron chi connectivity index (χ4n) is 5.42. The number of hydrogen-bond donors (Lipinski definition) is 1. The molecule has 4 aromatic rings. The fraction of sp³-hybridized carbons (Fsp3) is 0.241. The van der Waals surface area contributed by atoms with E-state index in [1.807, 2.05) is 46.6 Å². The van der Waals surface area contributed by atoms with Gasteiger partial charge in [-0.15, -0.1) is 11.3 Å². The van der Waals surface area contributed by atoms with Crippen LogP contribution in [0.1, 0.15) is 43.7 Å². The topological polar surface area (TPSA) is 66.8 Å². The number of hydrogen-bond acceptors (Lipinski definition) is 5. The van der Waals surface area contributed by atoms with Gasteiger partial charge < -0.3 is 24.4 Å². The molecule has 2 aromatic heterocycles. The van der Waals surface area contributed by atoms with Crippen molar-refractivity contribution in [3.8, 4) is 5.00 Å². The van der Waals surface area contributed by atoms with Crippen molar-refractivity contribution in [3.63, 3.8) is 0 Å². The van der Waals surface area contributed by atoms with Gasteiger partial charge in [-0.25, -0.2) is 9.59 Å². The maximum absolute atomic E-state index is 14.1. The molecule has 1 N–H and O–H groups in total. The molecule has 7 nitrogen and oxygen atoms in total. The highest BCUT2D eigenvalue weighted by molar-refractivity contribution is 7.15. The smallest absolute Gasteiger partial charge is 0.337 e. The number of esters is 1. The number of methoxy groups -OCH3 is 1. The van der Waals surface area contributed by atoms with Crippen LogP contribution < -0.4 is 5.32 Å². The molecular formula is C29H27ClN4O3S. The average molecular weight is 547 g/mol. The number of amides is 2. The molecule has 0 saturated carbocycles. The number of ether oxygens (including phenoxy) is 1. The summed E-state index contributed by atoms with van der Waals surface area (Å²) in [5.41, 5.74) is 5.37. The maximum Gasteiger partial charge on any atom is 0.337 e. The van der Waals surface area contributed by atoms with Gasteiger partial charge in [-0.1, -0.05) is 29.8 Å². The van der Waals surface area contributed by atoms with E-state index < -0.39 is 5.97 Å². The highest BCUT2D eigenvalue weighted by Crippen LogP contribution is 2.43. The molecule has 4 heterocycles. The number of nitrogens with zero attached hydrogens (tertiary/aromatic N) is 3. The largest absolute Gasteiger partial charge is 0.465 e. The lowest BCUT2D eigenvalue weighted by molar-refractivity contribution is 0.0600. The van der Waals surface area contributed by atoms with Crippen LogP contribution in [0.2, 0.25) is 5.02 Å². The molecule has 2 aliphatic rings. The molecule has 9 heteroatoms. The van der Waals surface area contributed by atoms with Crippen LogP contribution in [-0.4, -0.2) is 47.1 Å². The van der Waals surface area contributed by atoms with Gasteiger partial charge in [-0.3, -0.25) is 0 Å². The van der Waals surface area contributed by atoms with Crippen LogP contribution in [0.3, 0.4) is 0 Å². The first kappa shape index (κ1) is 24.7. The molecule has 0 unspecified atom stereocenters. The number of nitrogens with one attached hydrogen (secondary N) is 1. The van der Waals surface area contributed by atoms with E-state index in [1.54, 1.807) is 24.3 Å². The molecule has 0 radical (unpaired) electrons. The van der Waals surface area contributed by atoms with Crippen molar-refractivity contribution in [1.29, 1.82) is 0 Å². The Morgan fingerprint density at radius 3 is 2.71 bits per heavy atom. The Hall–Kier alpha value is -3.59. The second-order valence-electron chi connectivity index (χ2n) is 9.67. The average Bonchev–Trinajstić information content (AvgIpc) is 3.49. The van der Waals surface area contributed by atoms with Gasteiger partial charge in [0.25, 0.3) is 0 Å². The van der Waals surface area contributed by atoms with Gasteiger partial charge in [0.05, 0.1) is 31.0 Å². The number of aromatic nitrogens is 1. The Labute approximate surface area is 230 Å². The third-order valence-corrected chi connectivity index (χ3v) is 8.71. The predicted octanol–water partition coefficient (Wildman–Crippen LogP) is 6.10. The minimum Gasteiger partial charge on any atom is -0.465 e. The van der Waals surface area contributed by atoms with Crippen LogP contribution in [0.4, 0.5) is 10.5 Å². The molecule has 0 saturated heterocycles. The number of halogens is 1. The van der Waals surface area contributed by atoms with E-state index in [9.17, 15) is 9.59 Å². The number of thiophene rings is 1. The Balaban J connectivity index is 1.46. The number of benzene rings is 2. The first-order valence-electron chi connectivity index (χ1n) is 12.4. The molecule has 2 amide bonds. The molecule has 0 bridgehead atoms. The van der Waals surface area contributed by atoms with E-state index >= 15 is 0 Å². The summed E-state index contributed by atoms with van der Waals surface area (Å²) in [5.74, 6) is -0.454. The van der Waals surface area contributed by atoms with E-state index in [1.165, 1.54) is 28.1 Å². The summed E-state index contributed by atoms with van der Waals surface area (Å²) in [4.78, 5) is 31.7. The SMILES string of the molecule is COC(=O)c1cccc(NC(=O)N2Cc3c(sc4c3CCN(C)C4)-n3cccc3[C@H]2c2cccc(Cl)c2)c1. The van der Waals surface area contributed by atoms with Crippen LogP contribution in [0.25, 0.3) is 5.00 Å². The summed E-state index contributed by atoms with van der Waals surface area (Å²) in [7, 11) is 3.48. The molecule has 0 spiro atoms. The first-order valence-corrected chi connectivity index (χ1v) is 13.6. The summed E-state index contributed by atoms with van der Waals surface area (Å²) >= 11 is 8.24. The van der Waals surface area contributed by atoms with Crippen molar-refractivity contribution in [2.24, 2.45) is 0 Å². The second kappa shape index (κ2) is 9.94. The second-order valence-corrected chi connectivity index (χ2v) is 11.2. The number of carbonyl (C=O) groups is 2. The zero-order chi connectivity index (χ0) is 26.4. The maximum atomic E-state index is 14.1. The van der Waals surface area contributed by atoms with Crippen molar-refractivity contribution in [3.05, 3.63) is 105 Å². The predicted molar refractivity (Wildman–Crippen MR) is 149 cm³/mol. The van der Waals surface area contributed by atoms with E-state index in [2.05, 4.69) is 34.1 Å². The summed E-state index contributed by atoms with van der Waals surface area (Å²) in [5, 5.41) is 4.82. The molecule has 2 aromatic carbocycles. The van der Waals surface area contributed by atoms with Crippen molar-refractivity contribution < 1.29 is 14.3 Å². The van der Waals surface area contributed by atoms with E-state index in [0.29, 0.717) is 22.8 Å². The lowest BCUT2D eigenvalue weighted by Crippen LogP contribution is -2.38. The van der Waals surface area contributed by atoms with Crippen LogP contribution >= 0.6 is 22.9 Å². The zero-order valence-electron chi connectivity index (χ0n) is 21.1. The summed E-state index contributed by atoms with van der Waals surface area (Å²) in [6.07, 6.45) is 3.03. The summed E-state index contributed by atoms with van der Waals surface area (Å²) < 4.78 is 7.09. The molecule has 38 heavy (non-hydrogen) atoms. The normalized spacial score (nSPS) is 16.7. The molecule has 194 valence electrons. The van der Waals surface area contributed by atoms with Crippen LogP contribution in [-0.2, 0) is 24.2 Å². The summed E-state index contributed by atoms with van der Waals surface area (Å²) in [6, 6.07) is 18.0. The van der Waals surface area contributed by atoms with Gasteiger partial charge in [-0.05, 0) is 67.1 Å². The molecule has 0 aliphatic carbocycles. The van der Waals surface area contributed by atoms with Crippen LogP contribution in [0, 0.1) is 0 Å². The molecule has 0 fully saturated rings. The van der Waals surface area contributed by atoms with Gasteiger partial charge in [0.15, 0.2) is 0 Å². The van der Waals surface area contributed by atoms with Crippen molar-refractivity contribution >= 4 is 40.6 Å². The molecule has 2 aliphatic heterocycles. The van der Waals surface area contributed by atoms with Gasteiger partial charge in [-0.2, -0.15) is 0 Å². The van der Waals surface area contributed by atoms with Crippen LogP contribution in [0.5, 0.6) is 0 Å². The van der Waals surface area contributed by atoms with E-state index in [0.717, 1.165) is 30.8 Å². The van der Waals surface area contributed by atoms with Gasteiger partial charge in [0.1, 0.15) is 5.00 Å². The first-order chi connectivity index (χ1) is 18.4. The number of rotatable bonds is 3. The number of likely N-dealkylation sites (N-methyl/N-ethyl adjacent to an activating group) is 1. The fourth-order valence-corrected chi connectivity index (χ4v) is 7.06.